The van der Waals surface area contributed by atoms with Gasteiger partial charge < -0.3 is 4.90 Å². The lowest BCUT2D eigenvalue weighted by molar-refractivity contribution is -0.136. The average Bonchev–Trinajstić information content (AvgIpc) is 3.28. The Bertz CT molecular complexity index is 1080. The van der Waals surface area contributed by atoms with Crippen molar-refractivity contribution in [2.75, 3.05) is 11.5 Å². The van der Waals surface area contributed by atoms with Crippen LogP contribution >= 0.6 is 0 Å². The number of rotatable bonds is 4. The van der Waals surface area contributed by atoms with E-state index < -0.39 is 21.2 Å². The molecule has 28 heavy (non-hydrogen) atoms. The highest BCUT2D eigenvalue weighted by Crippen LogP contribution is 2.29. The first-order valence-electron chi connectivity index (χ1n) is 9.50. The number of aromatic nitrogens is 2. The highest BCUT2D eigenvalue weighted by atomic mass is 32.2. The smallest absolute Gasteiger partial charge is 0.261 e. The van der Waals surface area contributed by atoms with E-state index >= 15 is 0 Å². The van der Waals surface area contributed by atoms with Gasteiger partial charge in [-0.15, -0.1) is 0 Å². The van der Waals surface area contributed by atoms with E-state index in [1.165, 1.54) is 29.1 Å². The quantitative estimate of drug-likeness (QED) is 0.766. The lowest BCUT2D eigenvalue weighted by Crippen LogP contribution is -2.49. The second kappa shape index (κ2) is 7.27. The molecule has 2 aromatic rings. The van der Waals surface area contributed by atoms with E-state index in [-0.39, 0.29) is 46.9 Å². The van der Waals surface area contributed by atoms with Crippen LogP contribution in [0.1, 0.15) is 32.1 Å². The summed E-state index contributed by atoms with van der Waals surface area (Å²) < 4.78 is 38.4. The van der Waals surface area contributed by atoms with Crippen LogP contribution in [-0.4, -0.2) is 52.4 Å². The van der Waals surface area contributed by atoms with E-state index in [4.69, 9.17) is 0 Å². The van der Waals surface area contributed by atoms with E-state index in [1.54, 1.807) is 4.90 Å². The molecule has 1 aliphatic heterocycles. The number of benzene rings is 1. The number of carbonyl (C=O) groups excluding carboxylic acids is 1. The summed E-state index contributed by atoms with van der Waals surface area (Å²) in [5.74, 6) is -0.668. The fraction of sp³-hybridized carbons (Fsp3) is 0.526. The first-order valence-corrected chi connectivity index (χ1v) is 11.3. The number of hydrogen-bond acceptors (Lipinski definition) is 5. The van der Waals surface area contributed by atoms with Crippen LogP contribution in [0.2, 0.25) is 0 Å². The van der Waals surface area contributed by atoms with E-state index in [0.717, 1.165) is 25.7 Å². The summed E-state index contributed by atoms with van der Waals surface area (Å²) in [7, 11) is -3.13. The zero-order valence-electron chi connectivity index (χ0n) is 15.4. The Labute approximate surface area is 162 Å². The summed E-state index contributed by atoms with van der Waals surface area (Å²) in [6.45, 7) is -0.202. The maximum Gasteiger partial charge on any atom is 0.261 e. The van der Waals surface area contributed by atoms with Crippen LogP contribution in [0.5, 0.6) is 0 Å². The molecule has 0 unspecified atom stereocenters. The number of sulfone groups is 1. The molecule has 2 fully saturated rings. The fourth-order valence-corrected chi connectivity index (χ4v) is 6.07. The minimum atomic E-state index is -3.13. The summed E-state index contributed by atoms with van der Waals surface area (Å²) in [5.41, 5.74) is -0.174. The van der Waals surface area contributed by atoms with Crippen LogP contribution in [-0.2, 0) is 21.2 Å². The highest BCUT2D eigenvalue weighted by molar-refractivity contribution is 7.91. The molecule has 150 valence electrons. The first kappa shape index (κ1) is 19.0. The van der Waals surface area contributed by atoms with Gasteiger partial charge in [0.1, 0.15) is 12.4 Å². The van der Waals surface area contributed by atoms with E-state index in [9.17, 15) is 22.4 Å². The van der Waals surface area contributed by atoms with E-state index in [2.05, 4.69) is 4.98 Å². The van der Waals surface area contributed by atoms with E-state index in [0.29, 0.717) is 6.42 Å². The Balaban J connectivity index is 1.62. The van der Waals surface area contributed by atoms with Gasteiger partial charge in [-0.2, -0.15) is 0 Å². The topological polar surface area (TPSA) is 89.3 Å². The molecule has 7 nitrogen and oxygen atoms in total. The van der Waals surface area contributed by atoms with Crippen molar-refractivity contribution in [1.29, 1.82) is 0 Å². The monoisotopic (exact) mass is 407 g/mol. The number of hydrogen-bond donors (Lipinski definition) is 0. The van der Waals surface area contributed by atoms with Crippen molar-refractivity contribution < 1.29 is 17.6 Å². The van der Waals surface area contributed by atoms with Crippen molar-refractivity contribution in [2.24, 2.45) is 0 Å². The van der Waals surface area contributed by atoms with Crippen molar-refractivity contribution >= 4 is 26.6 Å². The van der Waals surface area contributed by atoms with Crippen LogP contribution in [0, 0.1) is 5.82 Å². The third kappa shape index (κ3) is 3.67. The molecule has 2 heterocycles. The predicted molar refractivity (Wildman–Crippen MR) is 102 cm³/mol. The molecule has 0 radical (unpaired) electrons. The third-order valence-corrected chi connectivity index (χ3v) is 7.45. The normalized spacial score (nSPS) is 22.0. The molecule has 9 heteroatoms. The van der Waals surface area contributed by atoms with Gasteiger partial charge in [-0.25, -0.2) is 17.8 Å². The molecule has 0 spiro atoms. The van der Waals surface area contributed by atoms with Crippen molar-refractivity contribution in [3.8, 4) is 0 Å². The average molecular weight is 407 g/mol. The van der Waals surface area contributed by atoms with Crippen molar-refractivity contribution in [2.45, 2.75) is 50.7 Å². The molecule has 1 aromatic heterocycles. The molecule has 1 aliphatic carbocycles. The zero-order valence-corrected chi connectivity index (χ0v) is 16.2. The Morgan fingerprint density at radius 3 is 2.64 bits per heavy atom. The molecule has 4 rings (SSSR count). The largest absolute Gasteiger partial charge is 0.334 e. The van der Waals surface area contributed by atoms with Crippen LogP contribution in [0.25, 0.3) is 10.9 Å². The third-order valence-electron chi connectivity index (χ3n) is 5.70. The number of halogens is 1. The number of nitrogens with zero attached hydrogens (tertiary/aromatic N) is 3. The van der Waals surface area contributed by atoms with Crippen LogP contribution in [0.15, 0.2) is 29.3 Å². The van der Waals surface area contributed by atoms with Crippen LogP contribution < -0.4 is 5.56 Å². The van der Waals surface area contributed by atoms with Gasteiger partial charge in [-0.1, -0.05) is 12.8 Å². The summed E-state index contributed by atoms with van der Waals surface area (Å²) in [6, 6.07) is 3.41. The number of fused-ring (bicyclic) bond motifs is 1. The molecule has 1 aromatic carbocycles. The van der Waals surface area contributed by atoms with Crippen molar-refractivity contribution in [1.82, 2.24) is 14.5 Å². The Morgan fingerprint density at radius 1 is 1.21 bits per heavy atom. The van der Waals surface area contributed by atoms with E-state index in [1.807, 2.05) is 0 Å². The summed E-state index contributed by atoms with van der Waals surface area (Å²) in [5, 5.41) is 0.243. The molecule has 1 saturated heterocycles. The Hall–Kier alpha value is -2.29. The molecular weight excluding hydrogens is 385 g/mol. The lowest BCUT2D eigenvalue weighted by Gasteiger charge is -2.34. The minimum absolute atomic E-state index is 0.0145. The summed E-state index contributed by atoms with van der Waals surface area (Å²) in [6.07, 6.45) is 5.42. The fourth-order valence-electron chi connectivity index (χ4n) is 4.35. The molecule has 1 atom stereocenters. The SMILES string of the molecule is O=C(Cn1cnc2cc(F)ccc2c1=O)N(C1CCCC1)[C@H]1CCS(=O)(=O)C1. The van der Waals surface area contributed by atoms with Crippen LogP contribution in [0.4, 0.5) is 4.39 Å². The van der Waals surface area contributed by atoms with Gasteiger partial charge in [0.15, 0.2) is 9.84 Å². The maximum atomic E-state index is 13.3. The zero-order chi connectivity index (χ0) is 19.9. The minimum Gasteiger partial charge on any atom is -0.334 e. The first-order chi connectivity index (χ1) is 13.3. The van der Waals surface area contributed by atoms with Gasteiger partial charge in [-0.05, 0) is 31.4 Å². The predicted octanol–water partition coefficient (Wildman–Crippen LogP) is 1.49. The summed E-state index contributed by atoms with van der Waals surface area (Å²) in [4.78, 5) is 31.6. The second-order valence-electron chi connectivity index (χ2n) is 7.64. The highest BCUT2D eigenvalue weighted by Gasteiger charge is 2.39. The van der Waals surface area contributed by atoms with Gasteiger partial charge in [-0.3, -0.25) is 14.2 Å². The number of amides is 1. The van der Waals surface area contributed by atoms with Crippen LogP contribution in [0.3, 0.4) is 0 Å². The van der Waals surface area contributed by atoms with Gasteiger partial charge in [0.05, 0.1) is 28.7 Å². The summed E-state index contributed by atoms with van der Waals surface area (Å²) >= 11 is 0. The molecule has 0 N–H and O–H groups in total. The van der Waals surface area contributed by atoms with Gasteiger partial charge in [0.25, 0.3) is 5.56 Å². The molecule has 0 bridgehead atoms. The van der Waals surface area contributed by atoms with Gasteiger partial charge in [0.2, 0.25) is 5.91 Å². The molecular formula is C19H22FN3O4S. The molecule has 1 saturated carbocycles. The Kier molecular flexibility index (Phi) is 4.95. The van der Waals surface area contributed by atoms with Crippen molar-refractivity contribution in [3.63, 3.8) is 0 Å². The molecule has 2 aliphatic rings. The second-order valence-corrected chi connectivity index (χ2v) is 9.86. The maximum absolute atomic E-state index is 13.3. The molecule has 1 amide bonds. The number of carbonyl (C=O) groups is 1. The Morgan fingerprint density at radius 2 is 1.96 bits per heavy atom. The van der Waals surface area contributed by atoms with Crippen molar-refractivity contribution in [3.05, 3.63) is 40.7 Å². The van der Waals surface area contributed by atoms with Gasteiger partial charge in [0, 0.05) is 18.2 Å². The lowest BCUT2D eigenvalue weighted by atomic mass is 10.1. The standard InChI is InChI=1S/C19H22FN3O4S/c20-13-5-6-16-17(9-13)21-12-22(19(16)25)10-18(24)23(14-3-1-2-4-14)15-7-8-28(26,27)11-15/h5-6,9,12,14-15H,1-4,7-8,10-11H2/t15-/m0/s1. The van der Waals surface area contributed by atoms with Gasteiger partial charge >= 0.3 is 0 Å².